The number of methoxy groups -OCH3 is 1. The molecule has 1 aliphatic heterocycles. The summed E-state index contributed by atoms with van der Waals surface area (Å²) < 4.78 is 7.46. The van der Waals surface area contributed by atoms with E-state index in [1.54, 1.807) is 7.11 Å². The van der Waals surface area contributed by atoms with Crippen molar-refractivity contribution in [2.75, 3.05) is 38.3 Å². The maximum absolute atomic E-state index is 5.14. The molecule has 164 valence electrons. The Morgan fingerprint density at radius 2 is 1.84 bits per heavy atom. The molecule has 0 atom stereocenters. The van der Waals surface area contributed by atoms with Crippen LogP contribution < -0.4 is 10.2 Å². The van der Waals surface area contributed by atoms with E-state index in [0.29, 0.717) is 5.92 Å². The Morgan fingerprint density at radius 1 is 1.03 bits per heavy atom. The molecular formula is C24H32N6O. The smallest absolute Gasteiger partial charge is 0.147 e. The SMILES string of the molecule is COCCCNCc1nnc(C2CCN(c3ccccn3)CC2)n1Cc1ccccc1. The number of hydrogen-bond acceptors (Lipinski definition) is 6. The van der Waals surface area contributed by atoms with Crippen molar-refractivity contribution in [3.05, 3.63) is 71.9 Å². The summed E-state index contributed by atoms with van der Waals surface area (Å²) in [7, 11) is 1.74. The molecule has 0 radical (unpaired) electrons. The van der Waals surface area contributed by atoms with E-state index in [2.05, 4.69) is 72.4 Å². The third kappa shape index (κ3) is 5.68. The van der Waals surface area contributed by atoms with Gasteiger partial charge in [0.2, 0.25) is 0 Å². The molecule has 1 N–H and O–H groups in total. The summed E-state index contributed by atoms with van der Waals surface area (Å²) in [5.74, 6) is 3.59. The number of rotatable bonds is 10. The van der Waals surface area contributed by atoms with Crippen molar-refractivity contribution in [1.82, 2.24) is 25.1 Å². The fourth-order valence-corrected chi connectivity index (χ4v) is 4.17. The highest BCUT2D eigenvalue weighted by molar-refractivity contribution is 5.38. The molecule has 0 amide bonds. The van der Waals surface area contributed by atoms with E-state index in [1.807, 2.05) is 12.3 Å². The van der Waals surface area contributed by atoms with Crippen LogP contribution in [-0.4, -0.2) is 53.1 Å². The van der Waals surface area contributed by atoms with Gasteiger partial charge in [0.1, 0.15) is 17.5 Å². The quantitative estimate of drug-likeness (QED) is 0.508. The van der Waals surface area contributed by atoms with E-state index < -0.39 is 0 Å². The van der Waals surface area contributed by atoms with Gasteiger partial charge in [-0.3, -0.25) is 0 Å². The number of pyridine rings is 1. The van der Waals surface area contributed by atoms with Crippen LogP contribution in [0.25, 0.3) is 0 Å². The van der Waals surface area contributed by atoms with Crippen molar-refractivity contribution < 1.29 is 4.74 Å². The Labute approximate surface area is 184 Å². The zero-order valence-electron chi connectivity index (χ0n) is 18.3. The molecule has 1 aromatic carbocycles. The van der Waals surface area contributed by atoms with Crippen molar-refractivity contribution in [3.8, 4) is 0 Å². The topological polar surface area (TPSA) is 68.1 Å². The van der Waals surface area contributed by atoms with Crippen LogP contribution in [0.4, 0.5) is 5.82 Å². The average molecular weight is 421 g/mol. The lowest BCUT2D eigenvalue weighted by molar-refractivity contribution is 0.194. The van der Waals surface area contributed by atoms with E-state index in [0.717, 1.165) is 76.1 Å². The largest absolute Gasteiger partial charge is 0.385 e. The maximum atomic E-state index is 5.14. The lowest BCUT2D eigenvalue weighted by Crippen LogP contribution is -2.34. The van der Waals surface area contributed by atoms with Crippen LogP contribution in [0.1, 0.15) is 42.4 Å². The Morgan fingerprint density at radius 3 is 2.58 bits per heavy atom. The molecule has 3 heterocycles. The highest BCUT2D eigenvalue weighted by atomic mass is 16.5. The molecule has 3 aromatic rings. The third-order valence-electron chi connectivity index (χ3n) is 5.86. The van der Waals surface area contributed by atoms with Gasteiger partial charge in [-0.05, 0) is 43.5 Å². The Kier molecular flexibility index (Phi) is 7.63. The molecule has 0 saturated carbocycles. The molecule has 1 fully saturated rings. The molecule has 0 unspecified atom stereocenters. The van der Waals surface area contributed by atoms with Crippen LogP contribution in [0.2, 0.25) is 0 Å². The van der Waals surface area contributed by atoms with Crippen LogP contribution in [0.5, 0.6) is 0 Å². The minimum Gasteiger partial charge on any atom is -0.385 e. The summed E-state index contributed by atoms with van der Waals surface area (Å²) in [6.45, 7) is 5.18. The second-order valence-corrected chi connectivity index (χ2v) is 8.02. The van der Waals surface area contributed by atoms with Crippen LogP contribution in [0.15, 0.2) is 54.7 Å². The summed E-state index contributed by atoms with van der Waals surface area (Å²) in [5.41, 5.74) is 1.27. The monoisotopic (exact) mass is 420 g/mol. The second-order valence-electron chi connectivity index (χ2n) is 8.02. The van der Waals surface area contributed by atoms with Gasteiger partial charge in [-0.25, -0.2) is 4.98 Å². The number of nitrogens with one attached hydrogen (secondary N) is 1. The molecule has 1 saturated heterocycles. The molecule has 7 heteroatoms. The Bertz CT molecular complexity index is 906. The van der Waals surface area contributed by atoms with E-state index >= 15 is 0 Å². The number of ether oxygens (including phenoxy) is 1. The molecule has 1 aliphatic rings. The molecule has 0 spiro atoms. The highest BCUT2D eigenvalue weighted by Crippen LogP contribution is 2.29. The van der Waals surface area contributed by atoms with Crippen LogP contribution >= 0.6 is 0 Å². The number of aromatic nitrogens is 4. The van der Waals surface area contributed by atoms with Gasteiger partial charge in [-0.2, -0.15) is 0 Å². The first-order valence-corrected chi connectivity index (χ1v) is 11.2. The van der Waals surface area contributed by atoms with Crippen molar-refractivity contribution in [1.29, 1.82) is 0 Å². The van der Waals surface area contributed by atoms with Gasteiger partial charge >= 0.3 is 0 Å². The van der Waals surface area contributed by atoms with Gasteiger partial charge in [0, 0.05) is 38.9 Å². The summed E-state index contributed by atoms with van der Waals surface area (Å²) in [5, 5.41) is 12.7. The molecule has 7 nitrogen and oxygen atoms in total. The summed E-state index contributed by atoms with van der Waals surface area (Å²) in [6, 6.07) is 16.7. The number of nitrogens with zero attached hydrogens (tertiary/aromatic N) is 5. The normalized spacial score (nSPS) is 14.8. The van der Waals surface area contributed by atoms with E-state index in [4.69, 9.17) is 4.74 Å². The zero-order valence-corrected chi connectivity index (χ0v) is 18.3. The molecule has 4 rings (SSSR count). The van der Waals surface area contributed by atoms with Crippen LogP contribution in [0, 0.1) is 0 Å². The number of hydrogen-bond donors (Lipinski definition) is 1. The van der Waals surface area contributed by atoms with Crippen molar-refractivity contribution in [2.24, 2.45) is 0 Å². The predicted molar refractivity (Wildman–Crippen MR) is 122 cm³/mol. The third-order valence-corrected chi connectivity index (χ3v) is 5.86. The van der Waals surface area contributed by atoms with Gasteiger partial charge < -0.3 is 19.5 Å². The summed E-state index contributed by atoms with van der Waals surface area (Å²) in [6.07, 6.45) is 4.97. The highest BCUT2D eigenvalue weighted by Gasteiger charge is 2.26. The molecule has 31 heavy (non-hydrogen) atoms. The number of benzene rings is 1. The summed E-state index contributed by atoms with van der Waals surface area (Å²) >= 11 is 0. The van der Waals surface area contributed by atoms with Crippen molar-refractivity contribution >= 4 is 5.82 Å². The maximum Gasteiger partial charge on any atom is 0.147 e. The first-order valence-electron chi connectivity index (χ1n) is 11.2. The van der Waals surface area contributed by atoms with Gasteiger partial charge in [0.25, 0.3) is 0 Å². The van der Waals surface area contributed by atoms with Gasteiger partial charge in [-0.1, -0.05) is 36.4 Å². The standard InChI is InChI=1S/C24H32N6O/c1-31-17-7-13-25-18-23-27-28-24(30(23)19-20-8-3-2-4-9-20)21-11-15-29(16-12-21)22-10-5-6-14-26-22/h2-6,8-10,14,21,25H,7,11-13,15-19H2,1H3. The molecule has 2 aromatic heterocycles. The lowest BCUT2D eigenvalue weighted by atomic mass is 9.95. The minimum absolute atomic E-state index is 0.415. The average Bonchev–Trinajstić information content (AvgIpc) is 3.22. The first-order chi connectivity index (χ1) is 15.3. The molecule has 0 aliphatic carbocycles. The van der Waals surface area contributed by atoms with Gasteiger partial charge in [0.15, 0.2) is 0 Å². The fraction of sp³-hybridized carbons (Fsp3) is 0.458. The van der Waals surface area contributed by atoms with Gasteiger partial charge in [0.05, 0.1) is 13.1 Å². The Balaban J connectivity index is 1.46. The zero-order chi connectivity index (χ0) is 21.3. The van der Waals surface area contributed by atoms with Gasteiger partial charge in [-0.15, -0.1) is 10.2 Å². The summed E-state index contributed by atoms with van der Waals surface area (Å²) in [4.78, 5) is 6.88. The second kappa shape index (κ2) is 11.0. The van der Waals surface area contributed by atoms with E-state index in [9.17, 15) is 0 Å². The van der Waals surface area contributed by atoms with Crippen LogP contribution in [-0.2, 0) is 17.8 Å². The molecule has 0 bridgehead atoms. The molecular weight excluding hydrogens is 388 g/mol. The lowest BCUT2D eigenvalue weighted by Gasteiger charge is -2.32. The van der Waals surface area contributed by atoms with Crippen LogP contribution in [0.3, 0.4) is 0 Å². The van der Waals surface area contributed by atoms with Crippen molar-refractivity contribution in [3.63, 3.8) is 0 Å². The first kappa shape index (κ1) is 21.5. The Hall–Kier alpha value is -2.77. The number of piperidine rings is 1. The predicted octanol–water partition coefficient (Wildman–Crippen LogP) is 3.23. The van der Waals surface area contributed by atoms with E-state index in [-0.39, 0.29) is 0 Å². The minimum atomic E-state index is 0.415. The van der Waals surface area contributed by atoms with E-state index in [1.165, 1.54) is 5.56 Å². The van der Waals surface area contributed by atoms with Crippen molar-refractivity contribution in [2.45, 2.75) is 38.3 Å². The number of anilines is 1. The fourth-order valence-electron chi connectivity index (χ4n) is 4.17.